The van der Waals surface area contributed by atoms with Crippen LogP contribution in [0.2, 0.25) is 0 Å². The summed E-state index contributed by atoms with van der Waals surface area (Å²) in [6.07, 6.45) is 6.74. The number of unbranched alkanes of at least 4 members (excludes halogenated alkanes) is 1. The molecule has 0 atom stereocenters. The molecule has 2 rings (SSSR count). The Morgan fingerprint density at radius 3 is 2.82 bits per heavy atom. The summed E-state index contributed by atoms with van der Waals surface area (Å²) < 4.78 is 0. The van der Waals surface area contributed by atoms with Crippen LogP contribution in [0.25, 0.3) is 0 Å². The van der Waals surface area contributed by atoms with Gasteiger partial charge in [0.15, 0.2) is 0 Å². The molecular weight excluding hydrogens is 212 g/mol. The van der Waals surface area contributed by atoms with Crippen molar-refractivity contribution in [2.45, 2.75) is 45.6 Å². The minimum atomic E-state index is 0.714. The van der Waals surface area contributed by atoms with Gasteiger partial charge >= 0.3 is 0 Å². The molecule has 0 aliphatic heterocycles. The van der Waals surface area contributed by atoms with Crippen LogP contribution in [-0.2, 0) is 0 Å². The first-order chi connectivity index (χ1) is 8.35. The molecule has 0 unspecified atom stereocenters. The first kappa shape index (κ1) is 12.1. The van der Waals surface area contributed by atoms with Gasteiger partial charge in [-0.2, -0.15) is 0 Å². The Morgan fingerprint density at radius 2 is 2.18 bits per heavy atom. The fraction of sp³-hybridized carbons (Fsp3) is 0.692. The topological polar surface area (TPSA) is 41.0 Å². The highest BCUT2D eigenvalue weighted by molar-refractivity contribution is 5.49. The maximum absolute atomic E-state index is 4.41. The fourth-order valence-corrected chi connectivity index (χ4v) is 1.98. The Bertz CT molecular complexity index is 349. The second kappa shape index (κ2) is 5.84. The molecule has 1 saturated carbocycles. The summed E-state index contributed by atoms with van der Waals surface area (Å²) in [5.41, 5.74) is 0. The quantitative estimate of drug-likeness (QED) is 0.787. The lowest BCUT2D eigenvalue weighted by Gasteiger charge is -2.23. The molecule has 4 nitrogen and oxygen atoms in total. The van der Waals surface area contributed by atoms with Crippen molar-refractivity contribution in [1.29, 1.82) is 0 Å². The Morgan fingerprint density at radius 1 is 1.35 bits per heavy atom. The van der Waals surface area contributed by atoms with Crippen molar-refractivity contribution in [1.82, 2.24) is 9.97 Å². The van der Waals surface area contributed by atoms with Crippen molar-refractivity contribution in [2.24, 2.45) is 0 Å². The SMILES string of the molecule is CCCCN(c1cc(NCC)ncn1)C1CC1. The summed E-state index contributed by atoms with van der Waals surface area (Å²) in [7, 11) is 0. The number of nitrogens with zero attached hydrogens (tertiary/aromatic N) is 3. The molecule has 0 radical (unpaired) electrons. The normalized spacial score (nSPS) is 14.7. The third-order valence-electron chi connectivity index (χ3n) is 3.05. The number of anilines is 2. The van der Waals surface area contributed by atoms with Gasteiger partial charge in [-0.15, -0.1) is 0 Å². The van der Waals surface area contributed by atoms with E-state index < -0.39 is 0 Å². The molecule has 4 heteroatoms. The molecule has 0 amide bonds. The number of hydrogen-bond donors (Lipinski definition) is 1. The van der Waals surface area contributed by atoms with Gasteiger partial charge in [-0.3, -0.25) is 0 Å². The number of hydrogen-bond acceptors (Lipinski definition) is 4. The van der Waals surface area contributed by atoms with Crippen molar-refractivity contribution in [3.63, 3.8) is 0 Å². The van der Waals surface area contributed by atoms with Crippen LogP contribution >= 0.6 is 0 Å². The van der Waals surface area contributed by atoms with E-state index in [1.54, 1.807) is 6.33 Å². The van der Waals surface area contributed by atoms with Gasteiger partial charge in [0.25, 0.3) is 0 Å². The molecule has 1 heterocycles. The largest absolute Gasteiger partial charge is 0.370 e. The van der Waals surface area contributed by atoms with E-state index in [0.29, 0.717) is 6.04 Å². The monoisotopic (exact) mass is 234 g/mol. The second-order valence-electron chi connectivity index (χ2n) is 4.57. The zero-order valence-electron chi connectivity index (χ0n) is 10.8. The molecular formula is C13H22N4. The minimum absolute atomic E-state index is 0.714. The highest BCUT2D eigenvalue weighted by atomic mass is 15.2. The Balaban J connectivity index is 2.08. The first-order valence-electron chi connectivity index (χ1n) is 6.67. The molecule has 1 aliphatic rings. The van der Waals surface area contributed by atoms with E-state index in [2.05, 4.69) is 40.1 Å². The summed E-state index contributed by atoms with van der Waals surface area (Å²) in [6.45, 7) is 6.32. The van der Waals surface area contributed by atoms with Gasteiger partial charge in [0.05, 0.1) is 0 Å². The third kappa shape index (κ3) is 3.32. The van der Waals surface area contributed by atoms with Crippen molar-refractivity contribution in [3.05, 3.63) is 12.4 Å². The zero-order valence-corrected chi connectivity index (χ0v) is 10.8. The maximum Gasteiger partial charge on any atom is 0.134 e. The van der Waals surface area contributed by atoms with Crippen LogP contribution in [-0.4, -0.2) is 29.1 Å². The van der Waals surface area contributed by atoms with E-state index >= 15 is 0 Å². The van der Waals surface area contributed by atoms with Crippen LogP contribution < -0.4 is 10.2 Å². The molecule has 1 N–H and O–H groups in total. The van der Waals surface area contributed by atoms with Crippen LogP contribution in [0.1, 0.15) is 39.5 Å². The molecule has 0 saturated heterocycles. The maximum atomic E-state index is 4.41. The summed E-state index contributed by atoms with van der Waals surface area (Å²) >= 11 is 0. The van der Waals surface area contributed by atoms with Gasteiger partial charge in [0.2, 0.25) is 0 Å². The predicted octanol–water partition coefficient (Wildman–Crippen LogP) is 2.68. The molecule has 1 aliphatic carbocycles. The van der Waals surface area contributed by atoms with E-state index in [9.17, 15) is 0 Å². The molecule has 0 bridgehead atoms. The van der Waals surface area contributed by atoms with Gasteiger partial charge < -0.3 is 10.2 Å². The highest BCUT2D eigenvalue weighted by Crippen LogP contribution is 2.31. The molecule has 17 heavy (non-hydrogen) atoms. The van der Waals surface area contributed by atoms with E-state index in [0.717, 1.165) is 24.7 Å². The lowest BCUT2D eigenvalue weighted by Crippen LogP contribution is -2.27. The van der Waals surface area contributed by atoms with Crippen molar-refractivity contribution in [3.8, 4) is 0 Å². The van der Waals surface area contributed by atoms with Gasteiger partial charge in [0.1, 0.15) is 18.0 Å². The van der Waals surface area contributed by atoms with Crippen LogP contribution in [0.5, 0.6) is 0 Å². The molecule has 1 fully saturated rings. The number of nitrogens with one attached hydrogen (secondary N) is 1. The first-order valence-corrected chi connectivity index (χ1v) is 6.67. The molecule has 1 aromatic rings. The lowest BCUT2D eigenvalue weighted by molar-refractivity contribution is 0.703. The predicted molar refractivity (Wildman–Crippen MR) is 71.5 cm³/mol. The van der Waals surface area contributed by atoms with Gasteiger partial charge in [-0.1, -0.05) is 13.3 Å². The number of rotatable bonds is 7. The van der Waals surface area contributed by atoms with E-state index in [1.165, 1.54) is 25.7 Å². The summed E-state index contributed by atoms with van der Waals surface area (Å²) in [5, 5.41) is 3.24. The fourth-order valence-electron chi connectivity index (χ4n) is 1.98. The second-order valence-corrected chi connectivity index (χ2v) is 4.57. The van der Waals surface area contributed by atoms with Crippen molar-refractivity contribution >= 4 is 11.6 Å². The lowest BCUT2D eigenvalue weighted by atomic mass is 10.3. The smallest absolute Gasteiger partial charge is 0.134 e. The van der Waals surface area contributed by atoms with Crippen molar-refractivity contribution in [2.75, 3.05) is 23.3 Å². The number of aromatic nitrogens is 2. The Hall–Kier alpha value is -1.32. The standard InChI is InChI=1S/C13H22N4/c1-3-5-8-17(11-6-7-11)13-9-12(14-4-2)15-10-16-13/h9-11H,3-8H2,1-2H3,(H,14,15,16). The summed E-state index contributed by atoms with van der Waals surface area (Å²) in [4.78, 5) is 11.1. The summed E-state index contributed by atoms with van der Waals surface area (Å²) in [6, 6.07) is 2.78. The van der Waals surface area contributed by atoms with Crippen LogP contribution in [0.4, 0.5) is 11.6 Å². The highest BCUT2D eigenvalue weighted by Gasteiger charge is 2.29. The van der Waals surface area contributed by atoms with E-state index in [-0.39, 0.29) is 0 Å². The van der Waals surface area contributed by atoms with Gasteiger partial charge in [-0.25, -0.2) is 9.97 Å². The van der Waals surface area contributed by atoms with E-state index in [4.69, 9.17) is 0 Å². The Kier molecular flexibility index (Phi) is 4.18. The van der Waals surface area contributed by atoms with Gasteiger partial charge in [0, 0.05) is 25.2 Å². The molecule has 0 aromatic carbocycles. The summed E-state index contributed by atoms with van der Waals surface area (Å²) in [5.74, 6) is 2.01. The zero-order chi connectivity index (χ0) is 12.1. The minimum Gasteiger partial charge on any atom is -0.370 e. The van der Waals surface area contributed by atoms with E-state index in [1.807, 2.05) is 0 Å². The third-order valence-corrected chi connectivity index (χ3v) is 3.05. The average Bonchev–Trinajstić information content (AvgIpc) is 3.15. The van der Waals surface area contributed by atoms with Crippen LogP contribution in [0.3, 0.4) is 0 Å². The molecule has 94 valence electrons. The van der Waals surface area contributed by atoms with Crippen LogP contribution in [0, 0.1) is 0 Å². The molecule has 0 spiro atoms. The van der Waals surface area contributed by atoms with Crippen molar-refractivity contribution < 1.29 is 0 Å². The molecule has 1 aromatic heterocycles. The average molecular weight is 234 g/mol. The van der Waals surface area contributed by atoms with Crippen LogP contribution in [0.15, 0.2) is 12.4 Å². The Labute approximate surface area is 103 Å². The van der Waals surface area contributed by atoms with Gasteiger partial charge in [-0.05, 0) is 26.2 Å².